The maximum atomic E-state index is 11.8. The summed E-state index contributed by atoms with van der Waals surface area (Å²) in [5, 5.41) is 3.00. The van der Waals surface area contributed by atoms with E-state index in [1.807, 2.05) is 24.3 Å². The normalized spacial score (nSPS) is 16.0. The molecule has 1 aliphatic heterocycles. The first-order valence-electron chi connectivity index (χ1n) is 7.57. The van der Waals surface area contributed by atoms with Gasteiger partial charge in [-0.2, -0.15) is 0 Å². The van der Waals surface area contributed by atoms with Gasteiger partial charge in [0.05, 0.1) is 0 Å². The van der Waals surface area contributed by atoms with Crippen LogP contribution in [0.2, 0.25) is 0 Å². The van der Waals surface area contributed by atoms with Crippen LogP contribution in [0.3, 0.4) is 0 Å². The van der Waals surface area contributed by atoms with Gasteiger partial charge in [0, 0.05) is 25.2 Å². The van der Waals surface area contributed by atoms with Crippen molar-refractivity contribution in [3.8, 4) is 0 Å². The van der Waals surface area contributed by atoms with Crippen molar-refractivity contribution in [2.45, 2.75) is 32.1 Å². The molecule has 4 nitrogen and oxygen atoms in total. The van der Waals surface area contributed by atoms with Crippen LogP contribution < -0.4 is 11.1 Å². The summed E-state index contributed by atoms with van der Waals surface area (Å²) >= 11 is 0. The summed E-state index contributed by atoms with van der Waals surface area (Å²) in [6.07, 6.45) is 5.22. The summed E-state index contributed by atoms with van der Waals surface area (Å²) in [5.74, 6) is 0.129. The van der Waals surface area contributed by atoms with E-state index >= 15 is 0 Å². The number of nitrogens with zero attached hydrogens (tertiary/aromatic N) is 1. The predicted molar refractivity (Wildman–Crippen MR) is 82.5 cm³/mol. The van der Waals surface area contributed by atoms with Gasteiger partial charge in [0.1, 0.15) is 0 Å². The van der Waals surface area contributed by atoms with Gasteiger partial charge in [0.15, 0.2) is 0 Å². The summed E-state index contributed by atoms with van der Waals surface area (Å²) in [4.78, 5) is 14.2. The van der Waals surface area contributed by atoms with Crippen LogP contribution in [0.4, 0.5) is 5.69 Å². The number of benzene rings is 1. The lowest BCUT2D eigenvalue weighted by molar-refractivity contribution is -0.121. The second kappa shape index (κ2) is 7.90. The molecule has 1 aliphatic rings. The van der Waals surface area contributed by atoms with Gasteiger partial charge in [0.25, 0.3) is 0 Å². The topological polar surface area (TPSA) is 58.4 Å². The third-order valence-corrected chi connectivity index (χ3v) is 3.79. The van der Waals surface area contributed by atoms with Crippen LogP contribution in [0.1, 0.15) is 31.2 Å². The highest BCUT2D eigenvalue weighted by molar-refractivity contribution is 5.76. The van der Waals surface area contributed by atoms with E-state index in [4.69, 9.17) is 5.73 Å². The van der Waals surface area contributed by atoms with Crippen LogP contribution in [0.25, 0.3) is 0 Å². The van der Waals surface area contributed by atoms with Crippen molar-refractivity contribution in [3.63, 3.8) is 0 Å². The molecule has 0 radical (unpaired) electrons. The lowest BCUT2D eigenvalue weighted by Gasteiger charge is -2.26. The number of carbonyl (C=O) groups excluding carboxylic acids is 1. The SMILES string of the molecule is Nc1cccc(CCC(=O)NCCN2CCCCC2)c1. The third-order valence-electron chi connectivity index (χ3n) is 3.79. The molecule has 0 unspecified atom stereocenters. The van der Waals surface area contributed by atoms with Crippen LogP contribution >= 0.6 is 0 Å². The predicted octanol–water partition coefficient (Wildman–Crippen LogP) is 1.80. The van der Waals surface area contributed by atoms with Crippen LogP contribution in [-0.4, -0.2) is 37.0 Å². The average molecular weight is 275 g/mol. The monoisotopic (exact) mass is 275 g/mol. The Hall–Kier alpha value is -1.55. The number of likely N-dealkylation sites (tertiary alicyclic amines) is 1. The molecular formula is C16H25N3O. The Bertz CT molecular complexity index is 427. The molecule has 1 fully saturated rings. The molecule has 110 valence electrons. The molecule has 1 amide bonds. The average Bonchev–Trinajstić information content (AvgIpc) is 2.46. The van der Waals surface area contributed by atoms with Crippen molar-refractivity contribution in [1.29, 1.82) is 0 Å². The van der Waals surface area contributed by atoms with Crippen LogP contribution in [0.5, 0.6) is 0 Å². The smallest absolute Gasteiger partial charge is 0.220 e. The van der Waals surface area contributed by atoms with Crippen molar-refractivity contribution < 1.29 is 4.79 Å². The maximum absolute atomic E-state index is 11.8. The molecule has 1 aromatic rings. The number of hydrogen-bond acceptors (Lipinski definition) is 3. The number of hydrogen-bond donors (Lipinski definition) is 2. The zero-order valence-electron chi connectivity index (χ0n) is 12.1. The van der Waals surface area contributed by atoms with E-state index in [-0.39, 0.29) is 5.91 Å². The van der Waals surface area contributed by atoms with E-state index in [1.165, 1.54) is 32.4 Å². The molecule has 1 saturated heterocycles. The van der Waals surface area contributed by atoms with Crippen molar-refractivity contribution >= 4 is 11.6 Å². The van der Waals surface area contributed by atoms with Crippen LogP contribution in [-0.2, 0) is 11.2 Å². The van der Waals surface area contributed by atoms with Gasteiger partial charge in [-0.15, -0.1) is 0 Å². The second-order valence-corrected chi connectivity index (χ2v) is 5.50. The molecule has 0 bridgehead atoms. The minimum Gasteiger partial charge on any atom is -0.399 e. The fraction of sp³-hybridized carbons (Fsp3) is 0.562. The Morgan fingerprint density at radius 2 is 2.05 bits per heavy atom. The number of anilines is 1. The van der Waals surface area contributed by atoms with Gasteiger partial charge in [0.2, 0.25) is 5.91 Å². The van der Waals surface area contributed by atoms with E-state index in [9.17, 15) is 4.79 Å². The Morgan fingerprint density at radius 3 is 2.80 bits per heavy atom. The molecule has 1 aromatic carbocycles. The number of nitrogens with two attached hydrogens (primary N) is 1. The Balaban J connectivity index is 1.60. The zero-order valence-corrected chi connectivity index (χ0v) is 12.1. The van der Waals surface area contributed by atoms with Crippen molar-refractivity contribution in [3.05, 3.63) is 29.8 Å². The Kier molecular flexibility index (Phi) is 5.87. The number of rotatable bonds is 6. The molecule has 0 saturated carbocycles. The van der Waals surface area contributed by atoms with Crippen molar-refractivity contribution in [2.75, 3.05) is 31.9 Å². The summed E-state index contributed by atoms with van der Waals surface area (Å²) in [5.41, 5.74) is 7.60. The molecular weight excluding hydrogens is 250 g/mol. The summed E-state index contributed by atoms with van der Waals surface area (Å²) in [7, 11) is 0. The van der Waals surface area contributed by atoms with E-state index in [1.54, 1.807) is 0 Å². The summed E-state index contributed by atoms with van der Waals surface area (Å²) in [6, 6.07) is 7.74. The van der Waals surface area contributed by atoms with E-state index < -0.39 is 0 Å². The molecule has 0 aliphatic carbocycles. The quantitative estimate of drug-likeness (QED) is 0.778. The first-order chi connectivity index (χ1) is 9.74. The van der Waals surface area contributed by atoms with Gasteiger partial charge in [-0.3, -0.25) is 4.79 Å². The number of amides is 1. The van der Waals surface area contributed by atoms with Gasteiger partial charge in [-0.05, 0) is 50.0 Å². The number of nitrogen functional groups attached to an aromatic ring is 1. The fourth-order valence-corrected chi connectivity index (χ4v) is 2.63. The van der Waals surface area contributed by atoms with Gasteiger partial charge in [-0.1, -0.05) is 18.6 Å². The van der Waals surface area contributed by atoms with Crippen molar-refractivity contribution in [1.82, 2.24) is 10.2 Å². The number of carbonyl (C=O) groups is 1. The van der Waals surface area contributed by atoms with E-state index in [0.29, 0.717) is 6.42 Å². The standard InChI is InChI=1S/C16H25N3O/c17-15-6-4-5-14(13-15)7-8-16(20)18-9-12-19-10-2-1-3-11-19/h4-6,13H,1-3,7-12,17H2,(H,18,20). The maximum Gasteiger partial charge on any atom is 0.220 e. The second-order valence-electron chi connectivity index (χ2n) is 5.50. The van der Waals surface area contributed by atoms with Gasteiger partial charge < -0.3 is 16.0 Å². The highest BCUT2D eigenvalue weighted by Gasteiger charge is 2.09. The summed E-state index contributed by atoms with van der Waals surface area (Å²) in [6.45, 7) is 4.10. The first-order valence-corrected chi connectivity index (χ1v) is 7.57. The molecule has 4 heteroatoms. The van der Waals surface area contributed by atoms with E-state index in [0.717, 1.165) is 30.8 Å². The largest absolute Gasteiger partial charge is 0.399 e. The minimum atomic E-state index is 0.129. The van der Waals surface area contributed by atoms with Crippen LogP contribution in [0, 0.1) is 0 Å². The lowest BCUT2D eigenvalue weighted by atomic mass is 10.1. The molecule has 0 aromatic heterocycles. The molecule has 0 atom stereocenters. The summed E-state index contributed by atoms with van der Waals surface area (Å²) < 4.78 is 0. The zero-order chi connectivity index (χ0) is 14.2. The van der Waals surface area contributed by atoms with Crippen LogP contribution in [0.15, 0.2) is 24.3 Å². The molecule has 3 N–H and O–H groups in total. The lowest BCUT2D eigenvalue weighted by Crippen LogP contribution is -2.37. The highest BCUT2D eigenvalue weighted by atomic mass is 16.1. The highest BCUT2D eigenvalue weighted by Crippen LogP contribution is 2.09. The number of piperidine rings is 1. The van der Waals surface area contributed by atoms with E-state index in [2.05, 4.69) is 10.2 Å². The number of aryl methyl sites for hydroxylation is 1. The first kappa shape index (κ1) is 14.9. The molecule has 1 heterocycles. The van der Waals surface area contributed by atoms with Gasteiger partial charge in [-0.25, -0.2) is 0 Å². The minimum absolute atomic E-state index is 0.129. The van der Waals surface area contributed by atoms with Gasteiger partial charge >= 0.3 is 0 Å². The number of nitrogens with one attached hydrogen (secondary N) is 1. The Morgan fingerprint density at radius 1 is 1.25 bits per heavy atom. The van der Waals surface area contributed by atoms with Crippen molar-refractivity contribution in [2.24, 2.45) is 0 Å². The third kappa shape index (κ3) is 5.21. The molecule has 2 rings (SSSR count). The molecule has 20 heavy (non-hydrogen) atoms. The molecule has 0 spiro atoms. The fourth-order valence-electron chi connectivity index (χ4n) is 2.63. The Labute approximate surface area is 121 Å².